The molecular formula is C28H32BrCl2N5O2S. The van der Waals surface area contributed by atoms with Crippen LogP contribution in [0.1, 0.15) is 43.2 Å². The highest BCUT2D eigenvalue weighted by molar-refractivity contribution is 9.10. The minimum Gasteiger partial charge on any atom is -0.492 e. The first-order chi connectivity index (χ1) is 18.7. The maximum Gasteiger partial charge on any atom is 0.192 e. The van der Waals surface area contributed by atoms with Crippen LogP contribution >= 0.6 is 50.5 Å². The fourth-order valence-corrected chi connectivity index (χ4v) is 6.23. The van der Waals surface area contributed by atoms with Crippen LogP contribution in [-0.2, 0) is 11.3 Å². The van der Waals surface area contributed by atoms with E-state index in [4.69, 9.17) is 39.1 Å². The van der Waals surface area contributed by atoms with Gasteiger partial charge in [-0.2, -0.15) is 0 Å². The number of nitrogens with one attached hydrogen (secondary N) is 2. The summed E-state index contributed by atoms with van der Waals surface area (Å²) in [4.78, 5) is 19.5. The molecule has 0 radical (unpaired) electrons. The number of benzene rings is 2. The minimum atomic E-state index is -0.141. The Hall–Kier alpha value is -2.17. The Morgan fingerprint density at radius 1 is 1.26 bits per heavy atom. The van der Waals surface area contributed by atoms with Crippen LogP contribution in [0.3, 0.4) is 0 Å². The summed E-state index contributed by atoms with van der Waals surface area (Å²) < 4.78 is 6.82. The number of guanidine groups is 1. The lowest BCUT2D eigenvalue weighted by Crippen LogP contribution is -2.33. The zero-order valence-electron chi connectivity index (χ0n) is 21.7. The van der Waals surface area contributed by atoms with Crippen molar-refractivity contribution in [2.45, 2.75) is 45.6 Å². The molecule has 2 heterocycles. The van der Waals surface area contributed by atoms with Gasteiger partial charge in [0.05, 0.1) is 26.8 Å². The van der Waals surface area contributed by atoms with Gasteiger partial charge in [-0.05, 0) is 96.5 Å². The number of aryl methyl sites for hydroxylation is 1. The van der Waals surface area contributed by atoms with E-state index in [1.54, 1.807) is 0 Å². The standard InChI is InChI=1S/C28H32BrCl2N5O2S/c1-17-11-26(22(29)14-21(17)25-16-39-28(34-25)35-27(32)33)38-10-2-3-20(37)12-18-6-8-36(9-7-18)15-19-4-5-23(30)24(31)13-19/h4-5,11,13-14,16,18H,2-3,6-10,12,15H2,1H3,(H4,32,33,34,35). The van der Waals surface area contributed by atoms with E-state index >= 15 is 0 Å². The Balaban J connectivity index is 1.17. The first-order valence-electron chi connectivity index (χ1n) is 12.9. The van der Waals surface area contributed by atoms with Crippen molar-refractivity contribution >= 4 is 67.3 Å². The van der Waals surface area contributed by atoms with Crippen molar-refractivity contribution in [1.29, 1.82) is 5.41 Å². The number of halogens is 3. The Morgan fingerprint density at radius 3 is 2.74 bits per heavy atom. The zero-order chi connectivity index (χ0) is 27.9. The number of carbonyl (C=O) groups excluding carboxylic acids is 1. The maximum absolute atomic E-state index is 12.6. The van der Waals surface area contributed by atoms with Gasteiger partial charge in [0.15, 0.2) is 11.1 Å². The van der Waals surface area contributed by atoms with Crippen molar-refractivity contribution in [3.63, 3.8) is 0 Å². The second-order valence-electron chi connectivity index (χ2n) is 9.84. The lowest BCUT2D eigenvalue weighted by molar-refractivity contribution is -0.120. The number of aromatic nitrogens is 1. The number of likely N-dealkylation sites (tertiary alicyclic amines) is 1. The highest BCUT2D eigenvalue weighted by atomic mass is 79.9. The quantitative estimate of drug-likeness (QED) is 0.112. The number of nitrogens with zero attached hydrogens (tertiary/aromatic N) is 2. The molecule has 2 aromatic carbocycles. The van der Waals surface area contributed by atoms with Crippen LogP contribution in [0.4, 0.5) is 5.13 Å². The molecular weight excluding hydrogens is 621 g/mol. The molecule has 39 heavy (non-hydrogen) atoms. The fraction of sp³-hybridized carbons (Fsp3) is 0.393. The third-order valence-corrected chi connectivity index (χ3v) is 8.89. The van der Waals surface area contributed by atoms with E-state index in [1.165, 1.54) is 11.3 Å². The molecule has 4 N–H and O–H groups in total. The number of hydrogen-bond acceptors (Lipinski definition) is 6. The number of Topliss-reactive ketones (excluding diaryl/α,β-unsaturated/α-hetero) is 1. The van der Waals surface area contributed by atoms with Gasteiger partial charge in [-0.25, -0.2) is 4.98 Å². The van der Waals surface area contributed by atoms with E-state index in [9.17, 15) is 4.79 Å². The topological polar surface area (TPSA) is 104 Å². The summed E-state index contributed by atoms with van der Waals surface area (Å²) >= 11 is 17.2. The number of carbonyl (C=O) groups is 1. The summed E-state index contributed by atoms with van der Waals surface area (Å²) in [7, 11) is 0. The average Bonchev–Trinajstić information content (AvgIpc) is 3.34. The lowest BCUT2D eigenvalue weighted by Gasteiger charge is -2.31. The third kappa shape index (κ3) is 8.66. The largest absolute Gasteiger partial charge is 0.492 e. The summed E-state index contributed by atoms with van der Waals surface area (Å²) in [6, 6.07) is 9.76. The molecule has 0 spiro atoms. The van der Waals surface area contributed by atoms with Crippen LogP contribution < -0.4 is 15.8 Å². The molecule has 7 nitrogen and oxygen atoms in total. The van der Waals surface area contributed by atoms with Gasteiger partial charge in [0.25, 0.3) is 0 Å². The van der Waals surface area contributed by atoms with Gasteiger partial charge in [-0.3, -0.25) is 15.1 Å². The molecule has 0 unspecified atom stereocenters. The van der Waals surface area contributed by atoms with E-state index in [0.29, 0.717) is 52.7 Å². The Kier molecular flexibility index (Phi) is 10.7. The Bertz CT molecular complexity index is 1330. The third-order valence-electron chi connectivity index (χ3n) is 6.77. The van der Waals surface area contributed by atoms with E-state index in [-0.39, 0.29) is 5.96 Å². The highest BCUT2D eigenvalue weighted by Crippen LogP contribution is 2.35. The van der Waals surface area contributed by atoms with Gasteiger partial charge >= 0.3 is 0 Å². The molecule has 0 amide bonds. The van der Waals surface area contributed by atoms with Crippen LogP contribution in [0, 0.1) is 18.3 Å². The molecule has 3 aromatic rings. The number of ether oxygens (including phenoxy) is 1. The summed E-state index contributed by atoms with van der Waals surface area (Å²) in [5, 5.41) is 13.7. The SMILES string of the molecule is Cc1cc(OCCCC(=O)CC2CCN(Cc3ccc(Cl)c(Cl)c3)CC2)c(Br)cc1-c1csc(NC(=N)N)n1. The number of ketones is 1. The molecule has 1 aliphatic heterocycles. The molecule has 4 rings (SSSR count). The van der Waals surface area contributed by atoms with E-state index in [1.807, 2.05) is 42.6 Å². The predicted molar refractivity (Wildman–Crippen MR) is 164 cm³/mol. The number of thiazole rings is 1. The molecule has 0 atom stereocenters. The minimum absolute atomic E-state index is 0.141. The smallest absolute Gasteiger partial charge is 0.192 e. The van der Waals surface area contributed by atoms with Gasteiger partial charge in [0.2, 0.25) is 0 Å². The van der Waals surface area contributed by atoms with Crippen LogP contribution in [-0.4, -0.2) is 41.3 Å². The second-order valence-corrected chi connectivity index (χ2v) is 12.4. The first kappa shape index (κ1) is 29.8. The number of anilines is 1. The van der Waals surface area contributed by atoms with E-state index in [0.717, 1.165) is 65.1 Å². The molecule has 0 bridgehead atoms. The molecule has 1 saturated heterocycles. The Morgan fingerprint density at radius 2 is 2.03 bits per heavy atom. The van der Waals surface area contributed by atoms with Crippen molar-refractivity contribution in [3.05, 3.63) is 61.4 Å². The number of piperidine rings is 1. The van der Waals surface area contributed by atoms with Crippen LogP contribution in [0.5, 0.6) is 5.75 Å². The number of hydrogen-bond donors (Lipinski definition) is 3. The van der Waals surface area contributed by atoms with Gasteiger partial charge in [0, 0.05) is 30.3 Å². The fourth-order valence-electron chi connectivity index (χ4n) is 4.73. The van der Waals surface area contributed by atoms with Gasteiger partial charge in [-0.1, -0.05) is 29.3 Å². The van der Waals surface area contributed by atoms with Crippen molar-refractivity contribution in [3.8, 4) is 17.0 Å². The molecule has 1 aliphatic rings. The van der Waals surface area contributed by atoms with Crippen LogP contribution in [0.15, 0.2) is 40.2 Å². The predicted octanol–water partition coefficient (Wildman–Crippen LogP) is 7.52. The van der Waals surface area contributed by atoms with Crippen molar-refractivity contribution in [2.75, 3.05) is 25.0 Å². The lowest BCUT2D eigenvalue weighted by atomic mass is 9.90. The molecule has 1 aromatic heterocycles. The van der Waals surface area contributed by atoms with Crippen molar-refractivity contribution in [2.24, 2.45) is 11.7 Å². The first-order valence-corrected chi connectivity index (χ1v) is 15.3. The number of rotatable bonds is 11. The summed E-state index contributed by atoms with van der Waals surface area (Å²) in [5.41, 5.74) is 9.35. The number of nitrogens with two attached hydrogens (primary N) is 1. The van der Waals surface area contributed by atoms with Crippen LogP contribution in [0.25, 0.3) is 11.3 Å². The monoisotopic (exact) mass is 651 g/mol. The summed E-state index contributed by atoms with van der Waals surface area (Å²) in [6.45, 7) is 5.31. The van der Waals surface area contributed by atoms with E-state index in [2.05, 4.69) is 31.1 Å². The molecule has 0 aliphatic carbocycles. The normalized spacial score (nSPS) is 14.4. The molecule has 0 saturated carbocycles. The summed E-state index contributed by atoms with van der Waals surface area (Å²) in [5.74, 6) is 1.36. The van der Waals surface area contributed by atoms with E-state index < -0.39 is 0 Å². The molecule has 1 fully saturated rings. The Labute approximate surface area is 251 Å². The van der Waals surface area contributed by atoms with Gasteiger partial charge in [0.1, 0.15) is 11.5 Å². The molecule has 208 valence electrons. The van der Waals surface area contributed by atoms with Crippen LogP contribution in [0.2, 0.25) is 10.0 Å². The summed E-state index contributed by atoms with van der Waals surface area (Å²) in [6.07, 6.45) is 3.93. The maximum atomic E-state index is 12.6. The van der Waals surface area contributed by atoms with Crippen molar-refractivity contribution < 1.29 is 9.53 Å². The highest BCUT2D eigenvalue weighted by Gasteiger charge is 2.22. The van der Waals surface area contributed by atoms with Gasteiger partial charge in [-0.15, -0.1) is 11.3 Å². The van der Waals surface area contributed by atoms with Crippen molar-refractivity contribution in [1.82, 2.24) is 9.88 Å². The van der Waals surface area contributed by atoms with Gasteiger partial charge < -0.3 is 15.8 Å². The average molecular weight is 653 g/mol. The molecule has 11 heteroatoms. The second kappa shape index (κ2) is 13.9. The zero-order valence-corrected chi connectivity index (χ0v) is 25.7.